The number of aliphatic carboxylic acids is 1. The number of ketones is 1. The minimum Gasteiger partial charge on any atom is -0.481 e. The minimum atomic E-state index is -0.724. The molecule has 0 radical (unpaired) electrons. The van der Waals surface area contributed by atoms with Gasteiger partial charge < -0.3 is 5.11 Å². The number of benzene rings is 1. The van der Waals surface area contributed by atoms with Crippen LogP contribution < -0.4 is 0 Å². The zero-order valence-corrected chi connectivity index (χ0v) is 12.2. The molecule has 1 aliphatic carbocycles. The number of Topliss-reactive ketones (excluding diaryl/α,β-unsaturated/α-hetero) is 1. The van der Waals surface area contributed by atoms with E-state index in [1.807, 2.05) is 24.3 Å². The quantitative estimate of drug-likeness (QED) is 0.854. The molecule has 0 aromatic heterocycles. The maximum Gasteiger partial charge on any atom is 0.306 e. The first-order valence-electron chi connectivity index (χ1n) is 6.58. The highest BCUT2D eigenvalue weighted by Crippen LogP contribution is 2.32. The summed E-state index contributed by atoms with van der Waals surface area (Å²) in [5.41, 5.74) is 0.694. The van der Waals surface area contributed by atoms with Gasteiger partial charge in [0, 0.05) is 16.5 Å². The van der Waals surface area contributed by atoms with Crippen molar-refractivity contribution in [1.82, 2.24) is 0 Å². The smallest absolute Gasteiger partial charge is 0.306 e. The van der Waals surface area contributed by atoms with Gasteiger partial charge in [0.25, 0.3) is 0 Å². The van der Waals surface area contributed by atoms with Crippen LogP contribution in [-0.4, -0.2) is 16.9 Å². The van der Waals surface area contributed by atoms with Crippen molar-refractivity contribution in [3.05, 3.63) is 34.3 Å². The van der Waals surface area contributed by atoms with Gasteiger partial charge in [0.05, 0.1) is 5.92 Å². The van der Waals surface area contributed by atoms with E-state index in [2.05, 4.69) is 15.9 Å². The number of carbonyl (C=O) groups excluding carboxylic acids is 1. The van der Waals surface area contributed by atoms with Crippen molar-refractivity contribution in [1.29, 1.82) is 0 Å². The van der Waals surface area contributed by atoms with Crippen LogP contribution in [0.15, 0.2) is 28.7 Å². The molecule has 0 aliphatic heterocycles. The summed E-state index contributed by atoms with van der Waals surface area (Å²) >= 11 is 3.38. The van der Waals surface area contributed by atoms with Crippen LogP contribution in [0.4, 0.5) is 0 Å². The fourth-order valence-electron chi connectivity index (χ4n) is 2.76. The van der Waals surface area contributed by atoms with Crippen LogP contribution in [0.25, 0.3) is 0 Å². The van der Waals surface area contributed by atoms with Gasteiger partial charge in [0.15, 0.2) is 5.78 Å². The summed E-state index contributed by atoms with van der Waals surface area (Å²) in [5.74, 6) is -0.693. The number of carboxylic acids is 1. The van der Waals surface area contributed by atoms with Gasteiger partial charge in [0.2, 0.25) is 0 Å². The minimum absolute atomic E-state index is 0.100. The molecule has 1 N–H and O–H groups in total. The maximum absolute atomic E-state index is 12.2. The van der Waals surface area contributed by atoms with Crippen LogP contribution in [-0.2, 0) is 4.79 Å². The Labute approximate surface area is 121 Å². The van der Waals surface area contributed by atoms with E-state index in [4.69, 9.17) is 5.11 Å². The topological polar surface area (TPSA) is 54.4 Å². The van der Waals surface area contributed by atoms with Crippen molar-refractivity contribution >= 4 is 27.7 Å². The summed E-state index contributed by atoms with van der Waals surface area (Å²) in [5, 5.41) is 9.06. The Morgan fingerprint density at radius 2 is 2.00 bits per heavy atom. The first-order valence-corrected chi connectivity index (χ1v) is 7.37. The van der Waals surface area contributed by atoms with E-state index in [9.17, 15) is 9.59 Å². The normalized spacial score (nSPS) is 23.0. The molecule has 102 valence electrons. The van der Waals surface area contributed by atoms with Crippen LogP contribution in [0.3, 0.4) is 0 Å². The summed E-state index contributed by atoms with van der Waals surface area (Å²) in [7, 11) is 0. The molecule has 1 fully saturated rings. The third-order valence-corrected chi connectivity index (χ3v) is 4.47. The van der Waals surface area contributed by atoms with Crippen molar-refractivity contribution in [2.45, 2.75) is 32.1 Å². The van der Waals surface area contributed by atoms with Crippen LogP contribution in [0, 0.1) is 11.8 Å². The largest absolute Gasteiger partial charge is 0.481 e. The van der Waals surface area contributed by atoms with Gasteiger partial charge in [-0.2, -0.15) is 0 Å². The van der Waals surface area contributed by atoms with Gasteiger partial charge in [0.1, 0.15) is 0 Å². The molecule has 4 heteroatoms. The molecule has 1 aliphatic rings. The monoisotopic (exact) mass is 324 g/mol. The van der Waals surface area contributed by atoms with E-state index >= 15 is 0 Å². The predicted molar refractivity (Wildman–Crippen MR) is 76.2 cm³/mol. The summed E-state index contributed by atoms with van der Waals surface area (Å²) in [6, 6.07) is 7.39. The fraction of sp³-hybridized carbons (Fsp3) is 0.467. The second-order valence-electron chi connectivity index (χ2n) is 5.17. The molecule has 0 bridgehead atoms. The number of hydrogen-bond acceptors (Lipinski definition) is 2. The van der Waals surface area contributed by atoms with Gasteiger partial charge in [-0.15, -0.1) is 0 Å². The standard InChI is InChI=1S/C15H17BrO3/c16-13-7-2-1-6-12(13)14(17)9-10-4-3-5-11(8-10)15(18)19/h1-2,6-7,10-11H,3-5,8-9H2,(H,18,19). The average Bonchev–Trinajstić information content (AvgIpc) is 2.39. The molecule has 2 rings (SSSR count). The van der Waals surface area contributed by atoms with Gasteiger partial charge in [-0.05, 0) is 31.2 Å². The Balaban J connectivity index is 1.99. The van der Waals surface area contributed by atoms with E-state index in [1.54, 1.807) is 0 Å². The molecular formula is C15H17BrO3. The average molecular weight is 325 g/mol. The highest BCUT2D eigenvalue weighted by atomic mass is 79.9. The molecule has 2 atom stereocenters. The molecule has 1 saturated carbocycles. The van der Waals surface area contributed by atoms with Crippen molar-refractivity contribution < 1.29 is 14.7 Å². The van der Waals surface area contributed by atoms with Crippen LogP contribution >= 0.6 is 15.9 Å². The van der Waals surface area contributed by atoms with Gasteiger partial charge in [-0.3, -0.25) is 9.59 Å². The Bertz CT molecular complexity index is 484. The number of halogens is 1. The number of rotatable bonds is 4. The van der Waals surface area contributed by atoms with Crippen LogP contribution in [0.5, 0.6) is 0 Å². The maximum atomic E-state index is 12.2. The lowest BCUT2D eigenvalue weighted by Gasteiger charge is -2.26. The lowest BCUT2D eigenvalue weighted by atomic mass is 9.78. The Hall–Kier alpha value is -1.16. The van der Waals surface area contributed by atoms with Gasteiger partial charge in [-0.25, -0.2) is 0 Å². The summed E-state index contributed by atoms with van der Waals surface area (Å²) < 4.78 is 0.811. The second-order valence-corrected chi connectivity index (χ2v) is 6.03. The van der Waals surface area contributed by atoms with E-state index in [0.717, 1.165) is 23.7 Å². The summed E-state index contributed by atoms with van der Waals surface area (Å²) in [6.07, 6.45) is 3.69. The third-order valence-electron chi connectivity index (χ3n) is 3.78. The molecular weight excluding hydrogens is 308 g/mol. The summed E-state index contributed by atoms with van der Waals surface area (Å²) in [6.45, 7) is 0. The van der Waals surface area contributed by atoms with E-state index in [-0.39, 0.29) is 17.6 Å². The molecule has 0 amide bonds. The Kier molecular flexibility index (Phi) is 4.75. The molecule has 0 spiro atoms. The highest BCUT2D eigenvalue weighted by molar-refractivity contribution is 9.10. The van der Waals surface area contributed by atoms with Gasteiger partial charge >= 0.3 is 5.97 Å². The Morgan fingerprint density at radius 1 is 1.26 bits per heavy atom. The number of carbonyl (C=O) groups is 2. The lowest BCUT2D eigenvalue weighted by Crippen LogP contribution is -2.24. The zero-order chi connectivity index (χ0) is 13.8. The van der Waals surface area contributed by atoms with Crippen molar-refractivity contribution in [2.24, 2.45) is 11.8 Å². The molecule has 2 unspecified atom stereocenters. The van der Waals surface area contributed by atoms with Crippen LogP contribution in [0.1, 0.15) is 42.5 Å². The van der Waals surface area contributed by atoms with Crippen molar-refractivity contribution in [2.75, 3.05) is 0 Å². The molecule has 3 nitrogen and oxygen atoms in total. The molecule has 0 heterocycles. The molecule has 19 heavy (non-hydrogen) atoms. The van der Waals surface area contributed by atoms with Crippen LogP contribution in [0.2, 0.25) is 0 Å². The van der Waals surface area contributed by atoms with Crippen molar-refractivity contribution in [3.63, 3.8) is 0 Å². The Morgan fingerprint density at radius 3 is 2.68 bits per heavy atom. The van der Waals surface area contributed by atoms with E-state index < -0.39 is 5.97 Å². The molecule has 0 saturated heterocycles. The first kappa shape index (κ1) is 14.3. The summed E-state index contributed by atoms with van der Waals surface area (Å²) in [4.78, 5) is 23.3. The lowest BCUT2D eigenvalue weighted by molar-refractivity contribution is -0.143. The first-order chi connectivity index (χ1) is 9.08. The van der Waals surface area contributed by atoms with E-state index in [1.165, 1.54) is 0 Å². The second kappa shape index (κ2) is 6.33. The van der Waals surface area contributed by atoms with Crippen molar-refractivity contribution in [3.8, 4) is 0 Å². The zero-order valence-electron chi connectivity index (χ0n) is 10.6. The molecule has 1 aromatic carbocycles. The molecule has 1 aromatic rings. The third kappa shape index (κ3) is 3.66. The van der Waals surface area contributed by atoms with E-state index in [0.29, 0.717) is 18.4 Å². The predicted octanol–water partition coefficient (Wildman–Crippen LogP) is 3.91. The fourth-order valence-corrected chi connectivity index (χ4v) is 3.27. The van der Waals surface area contributed by atoms with Gasteiger partial charge in [-0.1, -0.05) is 40.5 Å². The SMILES string of the molecule is O=C(CC1CCCC(C(=O)O)C1)c1ccccc1Br. The number of carboxylic acid groups (broad SMARTS) is 1. The highest BCUT2D eigenvalue weighted by Gasteiger charge is 2.28. The number of hydrogen-bond donors (Lipinski definition) is 1.